The second kappa shape index (κ2) is 16.5. The zero-order valence-electron chi connectivity index (χ0n) is 33.1. The summed E-state index contributed by atoms with van der Waals surface area (Å²) in [7, 11) is 0. The molecule has 288 valence electrons. The molecule has 0 fully saturated rings. The summed E-state index contributed by atoms with van der Waals surface area (Å²) in [5, 5.41) is 12.4. The summed E-state index contributed by atoms with van der Waals surface area (Å²) < 4.78 is 4.88. The van der Waals surface area contributed by atoms with Crippen LogP contribution in [0.4, 0.5) is 0 Å². The Morgan fingerprint density at radius 1 is 0.390 bits per heavy atom. The van der Waals surface area contributed by atoms with Gasteiger partial charge in [-0.2, -0.15) is 0 Å². The Labute approximate surface area is 344 Å². The SMILES string of the molecule is c1ccc(Cn2c3ccccc3c3cc(CNCCCNCc4cc5c6ccccc6n(Cc6ccccc6)c5c(-c5ccccc5)n4)nc(-c4ccccc4)c32)cc1. The van der Waals surface area contributed by atoms with Crippen molar-refractivity contribution in [3.8, 4) is 22.5 Å². The third-order valence-electron chi connectivity index (χ3n) is 11.4. The van der Waals surface area contributed by atoms with Crippen molar-refractivity contribution in [1.82, 2.24) is 29.7 Å². The predicted molar refractivity (Wildman–Crippen MR) is 244 cm³/mol. The lowest BCUT2D eigenvalue weighted by atomic mass is 10.1. The Morgan fingerprint density at radius 2 is 0.763 bits per heavy atom. The molecule has 10 aromatic rings. The molecule has 0 saturated carbocycles. The second-order valence-electron chi connectivity index (χ2n) is 15.3. The van der Waals surface area contributed by atoms with Crippen LogP contribution in [0.25, 0.3) is 66.1 Å². The van der Waals surface area contributed by atoms with E-state index >= 15 is 0 Å². The van der Waals surface area contributed by atoms with E-state index in [1.807, 2.05) is 0 Å². The minimum Gasteiger partial charge on any atom is -0.334 e. The smallest absolute Gasteiger partial charge is 0.0949 e. The van der Waals surface area contributed by atoms with E-state index < -0.39 is 0 Å². The summed E-state index contributed by atoms with van der Waals surface area (Å²) in [6.07, 6.45) is 0.980. The molecule has 59 heavy (non-hydrogen) atoms. The number of para-hydroxylation sites is 2. The first kappa shape index (κ1) is 36.5. The van der Waals surface area contributed by atoms with Gasteiger partial charge in [-0.15, -0.1) is 0 Å². The lowest BCUT2D eigenvalue weighted by molar-refractivity contribution is 0.588. The van der Waals surface area contributed by atoms with Gasteiger partial charge in [0.05, 0.1) is 33.8 Å². The molecule has 4 aromatic heterocycles. The van der Waals surface area contributed by atoms with Crippen LogP contribution in [0.5, 0.6) is 0 Å². The first-order valence-electron chi connectivity index (χ1n) is 20.7. The van der Waals surface area contributed by atoms with Gasteiger partial charge in [-0.25, -0.2) is 9.97 Å². The van der Waals surface area contributed by atoms with E-state index in [4.69, 9.17) is 9.97 Å². The zero-order chi connectivity index (χ0) is 39.4. The lowest BCUT2D eigenvalue weighted by Crippen LogP contribution is -2.22. The Balaban J connectivity index is 0.868. The maximum atomic E-state index is 5.34. The molecule has 10 rings (SSSR count). The molecule has 0 aliphatic rings. The highest BCUT2D eigenvalue weighted by molar-refractivity contribution is 6.13. The molecule has 0 aliphatic carbocycles. The normalized spacial score (nSPS) is 11.7. The Hall–Kier alpha value is -6.86. The van der Waals surface area contributed by atoms with Gasteiger partial charge in [0.1, 0.15) is 0 Å². The first-order valence-corrected chi connectivity index (χ1v) is 20.7. The van der Waals surface area contributed by atoms with Crippen LogP contribution >= 0.6 is 0 Å². The number of benzene rings is 6. The molecule has 2 N–H and O–H groups in total. The molecule has 0 atom stereocenters. The van der Waals surface area contributed by atoms with Crippen molar-refractivity contribution in [2.24, 2.45) is 0 Å². The number of hydrogen-bond donors (Lipinski definition) is 2. The van der Waals surface area contributed by atoms with E-state index in [-0.39, 0.29) is 0 Å². The van der Waals surface area contributed by atoms with Crippen molar-refractivity contribution in [2.45, 2.75) is 32.6 Å². The van der Waals surface area contributed by atoms with Gasteiger partial charge in [-0.3, -0.25) is 0 Å². The standard InChI is InChI=1S/C53H46N6/c1-5-18-38(19-6-1)36-58-48-28-15-13-26-44(48)46-32-42(56-50(52(46)58)40-22-9-3-10-23-40)34-54-30-17-31-55-35-43-33-47-45-27-14-16-29-49(45)59(37-39-20-7-2-8-21-39)53(47)51(57-43)41-24-11-4-12-25-41/h1-16,18-29,32-33,54-55H,17,30-31,34-37H2. The number of hydrogen-bond acceptors (Lipinski definition) is 4. The van der Waals surface area contributed by atoms with E-state index in [0.717, 1.165) is 66.5 Å². The lowest BCUT2D eigenvalue weighted by Gasteiger charge is -2.14. The van der Waals surface area contributed by atoms with Gasteiger partial charge in [0, 0.05) is 69.9 Å². The van der Waals surface area contributed by atoms with Gasteiger partial charge in [0.25, 0.3) is 0 Å². The summed E-state index contributed by atoms with van der Waals surface area (Å²) in [6.45, 7) is 4.70. The van der Waals surface area contributed by atoms with Crippen molar-refractivity contribution in [3.63, 3.8) is 0 Å². The number of pyridine rings is 2. The Bertz CT molecular complexity index is 2800. The van der Waals surface area contributed by atoms with Gasteiger partial charge < -0.3 is 19.8 Å². The van der Waals surface area contributed by atoms with E-state index in [9.17, 15) is 0 Å². The molecule has 0 bridgehead atoms. The fraction of sp³-hybridized carbons (Fsp3) is 0.132. The molecule has 0 aliphatic heterocycles. The average Bonchev–Trinajstić information content (AvgIpc) is 3.78. The summed E-state index contributed by atoms with van der Waals surface area (Å²) in [6, 6.07) is 64.8. The van der Waals surface area contributed by atoms with E-state index in [1.165, 1.54) is 54.7 Å². The molecule has 0 saturated heterocycles. The van der Waals surface area contributed by atoms with Crippen LogP contribution in [0.15, 0.2) is 182 Å². The Morgan fingerprint density at radius 3 is 1.19 bits per heavy atom. The summed E-state index contributed by atoms with van der Waals surface area (Å²) in [4.78, 5) is 10.7. The number of nitrogens with one attached hydrogen (secondary N) is 2. The van der Waals surface area contributed by atoms with Crippen molar-refractivity contribution in [1.29, 1.82) is 0 Å². The monoisotopic (exact) mass is 766 g/mol. The van der Waals surface area contributed by atoms with Crippen LogP contribution in [-0.2, 0) is 26.2 Å². The molecular formula is C53H46N6. The quantitative estimate of drug-likeness (QED) is 0.108. The summed E-state index contributed by atoms with van der Waals surface area (Å²) >= 11 is 0. The molecule has 6 aromatic carbocycles. The number of aromatic nitrogens is 4. The van der Waals surface area contributed by atoms with Crippen molar-refractivity contribution in [2.75, 3.05) is 13.1 Å². The zero-order valence-corrected chi connectivity index (χ0v) is 33.1. The van der Waals surface area contributed by atoms with Crippen molar-refractivity contribution in [3.05, 3.63) is 205 Å². The van der Waals surface area contributed by atoms with Crippen LogP contribution in [0, 0.1) is 0 Å². The van der Waals surface area contributed by atoms with Crippen LogP contribution in [0.3, 0.4) is 0 Å². The third kappa shape index (κ3) is 7.40. The van der Waals surface area contributed by atoms with Crippen LogP contribution in [0.2, 0.25) is 0 Å². The first-order chi connectivity index (χ1) is 29.3. The highest BCUT2D eigenvalue weighted by Gasteiger charge is 2.20. The van der Waals surface area contributed by atoms with E-state index in [2.05, 4.69) is 202 Å². The molecule has 4 heterocycles. The third-order valence-corrected chi connectivity index (χ3v) is 11.4. The fourth-order valence-electron chi connectivity index (χ4n) is 8.66. The highest BCUT2D eigenvalue weighted by Crippen LogP contribution is 2.38. The second-order valence-corrected chi connectivity index (χ2v) is 15.3. The molecule has 0 amide bonds. The summed E-state index contributed by atoms with van der Waals surface area (Å²) in [5.74, 6) is 0. The largest absolute Gasteiger partial charge is 0.334 e. The fourth-order valence-corrected chi connectivity index (χ4v) is 8.66. The molecule has 0 spiro atoms. The Kier molecular flexibility index (Phi) is 10.2. The minimum absolute atomic E-state index is 0.694. The molecule has 0 radical (unpaired) electrons. The molecular weight excluding hydrogens is 721 g/mol. The number of nitrogens with zero attached hydrogens (tertiary/aromatic N) is 4. The molecule has 0 unspecified atom stereocenters. The van der Waals surface area contributed by atoms with Gasteiger partial charge in [0.15, 0.2) is 0 Å². The number of fused-ring (bicyclic) bond motifs is 6. The topological polar surface area (TPSA) is 59.7 Å². The van der Waals surface area contributed by atoms with Gasteiger partial charge >= 0.3 is 0 Å². The minimum atomic E-state index is 0.694. The molecule has 6 heteroatoms. The highest BCUT2D eigenvalue weighted by atomic mass is 15.0. The summed E-state index contributed by atoms with van der Waals surface area (Å²) in [5.41, 5.74) is 13.7. The van der Waals surface area contributed by atoms with Gasteiger partial charge in [-0.1, -0.05) is 158 Å². The van der Waals surface area contributed by atoms with E-state index in [1.54, 1.807) is 0 Å². The van der Waals surface area contributed by atoms with Crippen LogP contribution in [-0.4, -0.2) is 32.2 Å². The van der Waals surface area contributed by atoms with Crippen molar-refractivity contribution < 1.29 is 0 Å². The predicted octanol–water partition coefficient (Wildman–Crippen LogP) is 11.4. The van der Waals surface area contributed by atoms with Crippen molar-refractivity contribution >= 4 is 43.6 Å². The average molecular weight is 767 g/mol. The molecule has 6 nitrogen and oxygen atoms in total. The van der Waals surface area contributed by atoms with Crippen LogP contribution in [0.1, 0.15) is 28.9 Å². The van der Waals surface area contributed by atoms with Gasteiger partial charge in [-0.05, 0) is 54.9 Å². The van der Waals surface area contributed by atoms with E-state index in [0.29, 0.717) is 13.1 Å². The maximum absolute atomic E-state index is 5.34. The maximum Gasteiger partial charge on any atom is 0.0949 e. The van der Waals surface area contributed by atoms with Crippen LogP contribution < -0.4 is 10.6 Å². The van der Waals surface area contributed by atoms with Gasteiger partial charge in [0.2, 0.25) is 0 Å². The number of rotatable bonds is 14.